The van der Waals surface area contributed by atoms with Gasteiger partial charge in [-0.3, -0.25) is 4.79 Å². The van der Waals surface area contributed by atoms with E-state index in [0.29, 0.717) is 41.9 Å². The number of ether oxygens (including phenoxy) is 1. The summed E-state index contributed by atoms with van der Waals surface area (Å²) in [7, 11) is 0. The molecule has 0 saturated carbocycles. The third kappa shape index (κ3) is 6.23. The minimum absolute atomic E-state index is 0.0563. The van der Waals surface area contributed by atoms with E-state index in [0.717, 1.165) is 75.1 Å². The summed E-state index contributed by atoms with van der Waals surface area (Å²) in [5, 5.41) is 13.8. The first-order valence-corrected chi connectivity index (χ1v) is 14.5. The molecule has 210 valence electrons. The Morgan fingerprint density at radius 2 is 2.08 bits per heavy atom. The summed E-state index contributed by atoms with van der Waals surface area (Å²) >= 11 is 0. The summed E-state index contributed by atoms with van der Waals surface area (Å²) in [6.45, 7) is 5.64. The number of fused-ring (bicyclic) bond motifs is 1. The van der Waals surface area contributed by atoms with Crippen LogP contribution in [-0.2, 0) is 17.6 Å². The third-order valence-corrected chi connectivity index (χ3v) is 8.10. The van der Waals surface area contributed by atoms with Crippen molar-refractivity contribution in [1.82, 2.24) is 19.5 Å². The van der Waals surface area contributed by atoms with Crippen molar-refractivity contribution in [3.63, 3.8) is 0 Å². The molecule has 9 heteroatoms. The largest absolute Gasteiger partial charge is 0.378 e. The molecule has 2 atom stereocenters. The zero-order chi connectivity index (χ0) is 28.1. The Morgan fingerprint density at radius 3 is 2.83 bits per heavy atom. The molecule has 2 aromatic heterocycles. The van der Waals surface area contributed by atoms with Gasteiger partial charge in [-0.2, -0.15) is 15.4 Å². The molecule has 2 aliphatic rings. The molecule has 0 radical (unpaired) electrons. The number of carbonyl (C=O) groups is 1. The molecule has 5 rings (SSSR count). The number of nitrogens with zero attached hydrogens (tertiary/aromatic N) is 6. The molecule has 0 bridgehead atoms. The van der Waals surface area contributed by atoms with Crippen LogP contribution in [0.3, 0.4) is 0 Å². The standard InChI is InChI=1S/C31H37FN6O2/c1-3-24-18-29(31(39)37-14-6-4-5-8-21(37)2)35-30-19-28(36-38(24)30)26-13-10-22(17-27(26)32)16-23(34-20-33)11-12-25-9-7-15-40-25/h10,13,17-19,21,25H,3-9,11-12,14-16H2,1-2H3. The van der Waals surface area contributed by atoms with Gasteiger partial charge < -0.3 is 9.64 Å². The number of hydrogen-bond acceptors (Lipinski definition) is 6. The molecule has 0 spiro atoms. The highest BCUT2D eigenvalue weighted by Gasteiger charge is 2.25. The molecule has 3 aromatic rings. The number of aliphatic imine (C=N–C) groups is 1. The lowest BCUT2D eigenvalue weighted by molar-refractivity contribution is 0.0691. The van der Waals surface area contributed by atoms with E-state index in [1.165, 1.54) is 6.07 Å². The Bertz CT molecular complexity index is 1440. The van der Waals surface area contributed by atoms with Crippen molar-refractivity contribution < 1.29 is 13.9 Å². The van der Waals surface area contributed by atoms with Gasteiger partial charge in [0.1, 0.15) is 11.5 Å². The van der Waals surface area contributed by atoms with Gasteiger partial charge in [-0.1, -0.05) is 25.8 Å². The summed E-state index contributed by atoms with van der Waals surface area (Å²) in [5.41, 5.74) is 4.09. The Morgan fingerprint density at radius 1 is 1.20 bits per heavy atom. The second kappa shape index (κ2) is 12.7. The maximum atomic E-state index is 15.4. The average Bonchev–Trinajstić information content (AvgIpc) is 3.58. The Labute approximate surface area is 234 Å². The van der Waals surface area contributed by atoms with Crippen molar-refractivity contribution in [1.29, 1.82) is 5.26 Å². The second-order valence-electron chi connectivity index (χ2n) is 10.9. The highest BCUT2D eigenvalue weighted by atomic mass is 19.1. The van der Waals surface area contributed by atoms with Crippen molar-refractivity contribution in [2.45, 2.75) is 90.2 Å². The van der Waals surface area contributed by atoms with Crippen molar-refractivity contribution in [3.05, 3.63) is 53.1 Å². The first-order chi connectivity index (χ1) is 19.5. The van der Waals surface area contributed by atoms with Crippen LogP contribution < -0.4 is 0 Å². The van der Waals surface area contributed by atoms with Gasteiger partial charge in [0, 0.05) is 48.6 Å². The molecule has 0 N–H and O–H groups in total. The first-order valence-electron chi connectivity index (χ1n) is 14.5. The SMILES string of the molecule is CCc1cc(C(=O)N2CCCCCC2C)nc2cc(-c3ccc(CC(CCC4CCCO4)=NC#N)cc3F)nn12. The van der Waals surface area contributed by atoms with Crippen LogP contribution in [0.4, 0.5) is 4.39 Å². The number of benzene rings is 1. The van der Waals surface area contributed by atoms with E-state index in [9.17, 15) is 4.79 Å². The minimum atomic E-state index is -0.399. The van der Waals surface area contributed by atoms with Crippen LogP contribution in [0.25, 0.3) is 16.9 Å². The number of aryl methyl sites for hydroxylation is 1. The van der Waals surface area contributed by atoms with Crippen molar-refractivity contribution in [3.8, 4) is 17.5 Å². The molecular weight excluding hydrogens is 507 g/mol. The van der Waals surface area contributed by atoms with Gasteiger partial charge in [-0.05, 0) is 75.6 Å². The molecule has 4 heterocycles. The lowest BCUT2D eigenvalue weighted by Gasteiger charge is -2.27. The van der Waals surface area contributed by atoms with Crippen LogP contribution in [0.5, 0.6) is 0 Å². The monoisotopic (exact) mass is 544 g/mol. The second-order valence-corrected chi connectivity index (χ2v) is 10.9. The summed E-state index contributed by atoms with van der Waals surface area (Å²) in [4.78, 5) is 24.0. The number of amides is 1. The van der Waals surface area contributed by atoms with Crippen molar-refractivity contribution in [2.24, 2.45) is 4.99 Å². The Kier molecular flexibility index (Phi) is 8.85. The molecule has 1 amide bonds. The van der Waals surface area contributed by atoms with Gasteiger partial charge in [0.15, 0.2) is 5.65 Å². The lowest BCUT2D eigenvalue weighted by atomic mass is 10.00. The van der Waals surface area contributed by atoms with E-state index in [2.05, 4.69) is 22.0 Å². The number of nitriles is 1. The van der Waals surface area contributed by atoms with E-state index < -0.39 is 5.82 Å². The molecular formula is C31H37FN6O2. The highest BCUT2D eigenvalue weighted by Crippen LogP contribution is 2.26. The third-order valence-electron chi connectivity index (χ3n) is 8.10. The van der Waals surface area contributed by atoms with Gasteiger partial charge in [0.25, 0.3) is 5.91 Å². The van der Waals surface area contributed by atoms with Crippen molar-refractivity contribution in [2.75, 3.05) is 13.2 Å². The Hall–Kier alpha value is -3.64. The van der Waals surface area contributed by atoms with E-state index >= 15 is 4.39 Å². The zero-order valence-corrected chi connectivity index (χ0v) is 23.4. The highest BCUT2D eigenvalue weighted by molar-refractivity contribution is 5.93. The summed E-state index contributed by atoms with van der Waals surface area (Å²) in [6, 6.07) is 8.79. The average molecular weight is 545 g/mol. The van der Waals surface area contributed by atoms with Crippen LogP contribution in [-0.4, -0.2) is 56.4 Å². The van der Waals surface area contributed by atoms with Crippen LogP contribution in [0.1, 0.15) is 87.0 Å². The molecule has 0 aliphatic carbocycles. The number of carbonyl (C=O) groups excluding carboxylic acids is 1. The van der Waals surface area contributed by atoms with Gasteiger partial charge in [-0.15, -0.1) is 0 Å². The number of hydrogen-bond donors (Lipinski definition) is 0. The van der Waals surface area contributed by atoms with E-state index in [4.69, 9.17) is 10.00 Å². The Balaban J connectivity index is 1.37. The van der Waals surface area contributed by atoms with Gasteiger partial charge >= 0.3 is 0 Å². The summed E-state index contributed by atoms with van der Waals surface area (Å²) in [6.07, 6.45) is 11.0. The molecule has 2 aliphatic heterocycles. The van der Waals surface area contributed by atoms with Gasteiger partial charge in [0.05, 0.1) is 11.8 Å². The van der Waals surface area contributed by atoms with E-state index in [-0.39, 0.29) is 18.1 Å². The fraction of sp³-hybridized carbons (Fsp3) is 0.516. The topological polar surface area (TPSA) is 95.9 Å². The molecule has 2 saturated heterocycles. The van der Waals surface area contributed by atoms with Crippen LogP contribution in [0, 0.1) is 17.3 Å². The normalized spacial score (nSPS) is 20.1. The number of rotatable bonds is 8. The smallest absolute Gasteiger partial charge is 0.272 e. The minimum Gasteiger partial charge on any atom is -0.378 e. The first kappa shape index (κ1) is 27.9. The fourth-order valence-electron chi connectivity index (χ4n) is 5.82. The summed E-state index contributed by atoms with van der Waals surface area (Å²) in [5.74, 6) is -0.455. The number of halogens is 1. The van der Waals surface area contributed by atoms with Gasteiger partial charge in [-0.25, -0.2) is 13.9 Å². The van der Waals surface area contributed by atoms with Crippen LogP contribution in [0.15, 0.2) is 35.3 Å². The quantitative estimate of drug-likeness (QED) is 0.259. The summed E-state index contributed by atoms with van der Waals surface area (Å²) < 4.78 is 22.8. The van der Waals surface area contributed by atoms with Gasteiger partial charge in [0.2, 0.25) is 6.19 Å². The predicted molar refractivity (Wildman–Crippen MR) is 152 cm³/mol. The molecule has 40 heavy (non-hydrogen) atoms. The van der Waals surface area contributed by atoms with Crippen LogP contribution in [0.2, 0.25) is 0 Å². The maximum Gasteiger partial charge on any atom is 0.272 e. The lowest BCUT2D eigenvalue weighted by Crippen LogP contribution is -2.38. The zero-order valence-electron chi connectivity index (χ0n) is 23.4. The van der Waals surface area contributed by atoms with Crippen LogP contribution >= 0.6 is 0 Å². The number of aromatic nitrogens is 3. The van der Waals surface area contributed by atoms with Crippen molar-refractivity contribution >= 4 is 17.3 Å². The molecule has 1 aromatic carbocycles. The molecule has 2 unspecified atom stereocenters. The predicted octanol–water partition coefficient (Wildman–Crippen LogP) is 5.93. The molecule has 2 fully saturated rings. The number of likely N-dealkylation sites (tertiary alicyclic amines) is 1. The van der Waals surface area contributed by atoms with E-state index in [1.807, 2.05) is 30.1 Å². The maximum absolute atomic E-state index is 15.4. The molecule has 8 nitrogen and oxygen atoms in total. The van der Waals surface area contributed by atoms with E-state index in [1.54, 1.807) is 16.6 Å². The fourth-order valence-corrected chi connectivity index (χ4v) is 5.82.